The number of aromatic nitrogens is 1. The van der Waals surface area contributed by atoms with Crippen LogP contribution in [0.2, 0.25) is 0 Å². The highest BCUT2D eigenvalue weighted by Gasteiger charge is 2.21. The Morgan fingerprint density at radius 1 is 1.60 bits per heavy atom. The van der Waals surface area contributed by atoms with E-state index in [9.17, 15) is 4.79 Å². The summed E-state index contributed by atoms with van der Waals surface area (Å²) < 4.78 is 10.3. The number of hydrogen-bond acceptors (Lipinski definition) is 6. The number of esters is 1. The molecule has 112 valence electrons. The third kappa shape index (κ3) is 3.72. The smallest absolute Gasteiger partial charge is 0.360 e. The summed E-state index contributed by atoms with van der Waals surface area (Å²) in [5, 5.41) is 3.40. The summed E-state index contributed by atoms with van der Waals surface area (Å²) in [5.41, 5.74) is 0.238. The third-order valence-electron chi connectivity index (χ3n) is 3.51. The average molecular weight is 281 g/mol. The van der Waals surface area contributed by atoms with Crippen molar-refractivity contribution in [2.24, 2.45) is 5.92 Å². The molecule has 1 aromatic rings. The van der Waals surface area contributed by atoms with Crippen molar-refractivity contribution in [1.82, 2.24) is 10.3 Å². The van der Waals surface area contributed by atoms with Crippen LogP contribution in [0.15, 0.2) is 10.7 Å². The number of oxazole rings is 1. The fourth-order valence-electron chi connectivity index (χ4n) is 2.44. The van der Waals surface area contributed by atoms with Gasteiger partial charge >= 0.3 is 5.97 Å². The summed E-state index contributed by atoms with van der Waals surface area (Å²) in [4.78, 5) is 17.9. The third-order valence-corrected chi connectivity index (χ3v) is 3.51. The average Bonchev–Trinajstić information content (AvgIpc) is 2.96. The van der Waals surface area contributed by atoms with Crippen LogP contribution in [0.5, 0.6) is 0 Å². The minimum absolute atomic E-state index is 0.238. The summed E-state index contributed by atoms with van der Waals surface area (Å²) in [6.45, 7) is 8.01. The first-order valence-corrected chi connectivity index (χ1v) is 7.32. The number of rotatable bonds is 6. The summed E-state index contributed by atoms with van der Waals surface area (Å²) in [7, 11) is 0. The summed E-state index contributed by atoms with van der Waals surface area (Å²) in [6.07, 6.45) is 3.80. The number of piperidine rings is 1. The molecule has 1 atom stereocenters. The highest BCUT2D eigenvalue weighted by atomic mass is 16.5. The lowest BCUT2D eigenvalue weighted by Gasteiger charge is -2.28. The summed E-state index contributed by atoms with van der Waals surface area (Å²) >= 11 is 0. The van der Waals surface area contributed by atoms with Crippen LogP contribution in [0.3, 0.4) is 0 Å². The molecule has 0 radical (unpaired) electrons. The van der Waals surface area contributed by atoms with E-state index in [0.29, 0.717) is 18.5 Å². The second-order valence-electron chi connectivity index (χ2n) is 4.99. The predicted octanol–water partition coefficient (Wildman–Crippen LogP) is 1.68. The van der Waals surface area contributed by atoms with Crippen LogP contribution in [0.25, 0.3) is 0 Å². The first-order chi connectivity index (χ1) is 9.74. The Balaban J connectivity index is 1.98. The Kier molecular flexibility index (Phi) is 5.40. The van der Waals surface area contributed by atoms with E-state index in [2.05, 4.69) is 22.1 Å². The molecule has 1 unspecified atom stereocenters. The topological polar surface area (TPSA) is 67.6 Å². The predicted molar refractivity (Wildman–Crippen MR) is 75.9 cm³/mol. The zero-order valence-electron chi connectivity index (χ0n) is 12.2. The monoisotopic (exact) mass is 281 g/mol. The number of carbonyl (C=O) groups is 1. The number of carbonyl (C=O) groups excluding carboxylic acids is 1. The van der Waals surface area contributed by atoms with Gasteiger partial charge in [0.2, 0.25) is 0 Å². The summed E-state index contributed by atoms with van der Waals surface area (Å²) in [6, 6.07) is 0.501. The first-order valence-electron chi connectivity index (χ1n) is 7.32. The lowest BCUT2D eigenvalue weighted by atomic mass is 9.99. The Hall–Kier alpha value is -1.56. The fourth-order valence-corrected chi connectivity index (χ4v) is 2.44. The van der Waals surface area contributed by atoms with E-state index in [4.69, 9.17) is 9.15 Å². The molecule has 6 heteroatoms. The molecule has 2 rings (SSSR count). The molecule has 1 saturated heterocycles. The molecule has 6 nitrogen and oxygen atoms in total. The highest BCUT2D eigenvalue weighted by Crippen LogP contribution is 2.18. The van der Waals surface area contributed by atoms with Gasteiger partial charge in [-0.05, 0) is 45.7 Å². The van der Waals surface area contributed by atoms with Gasteiger partial charge in [0.1, 0.15) is 6.26 Å². The van der Waals surface area contributed by atoms with Crippen LogP contribution in [-0.4, -0.2) is 43.7 Å². The molecule has 1 N–H and O–H groups in total. The lowest BCUT2D eigenvalue weighted by molar-refractivity contribution is 0.0519. The van der Waals surface area contributed by atoms with Crippen molar-refractivity contribution in [1.29, 1.82) is 0 Å². The van der Waals surface area contributed by atoms with Crippen molar-refractivity contribution in [2.45, 2.75) is 26.7 Å². The maximum Gasteiger partial charge on any atom is 0.360 e. The van der Waals surface area contributed by atoms with Gasteiger partial charge in [0.15, 0.2) is 5.69 Å². The minimum atomic E-state index is -0.433. The second kappa shape index (κ2) is 7.28. The van der Waals surface area contributed by atoms with Crippen LogP contribution in [-0.2, 0) is 4.74 Å². The number of nitrogens with zero attached hydrogens (tertiary/aromatic N) is 2. The van der Waals surface area contributed by atoms with Gasteiger partial charge in [0.25, 0.3) is 6.01 Å². The first kappa shape index (κ1) is 14.8. The van der Waals surface area contributed by atoms with E-state index < -0.39 is 5.97 Å². The van der Waals surface area contributed by atoms with Crippen molar-refractivity contribution in [3.05, 3.63) is 12.0 Å². The van der Waals surface area contributed by atoms with Gasteiger partial charge in [-0.15, -0.1) is 0 Å². The van der Waals surface area contributed by atoms with Gasteiger partial charge in [0, 0.05) is 13.1 Å². The molecule has 0 bridgehead atoms. The zero-order valence-corrected chi connectivity index (χ0v) is 12.2. The van der Waals surface area contributed by atoms with Crippen LogP contribution in [0.1, 0.15) is 37.2 Å². The van der Waals surface area contributed by atoms with Crippen LogP contribution < -0.4 is 10.2 Å². The molecule has 0 aliphatic carbocycles. The van der Waals surface area contributed by atoms with Crippen molar-refractivity contribution >= 4 is 12.0 Å². The van der Waals surface area contributed by atoms with E-state index in [1.807, 2.05) is 0 Å². The van der Waals surface area contributed by atoms with Gasteiger partial charge < -0.3 is 19.4 Å². The molecular formula is C14H23N3O3. The standard InChI is InChI=1S/C14H23N3O3/c1-3-17(9-11-6-5-7-15-8-11)14-16-12(10-20-14)13(18)19-4-2/h10-11,15H,3-9H2,1-2H3. The van der Waals surface area contributed by atoms with Crippen LogP contribution >= 0.6 is 0 Å². The molecule has 0 aromatic carbocycles. The Bertz CT molecular complexity index is 427. The SMILES string of the molecule is CCOC(=O)c1coc(N(CC)CC2CCCNC2)n1. The van der Waals surface area contributed by atoms with Crippen molar-refractivity contribution < 1.29 is 13.9 Å². The molecular weight excluding hydrogens is 258 g/mol. The zero-order chi connectivity index (χ0) is 14.4. The Labute approximate surface area is 119 Å². The number of nitrogens with one attached hydrogen (secondary N) is 1. The van der Waals surface area contributed by atoms with Crippen LogP contribution in [0, 0.1) is 5.92 Å². The number of anilines is 1. The molecule has 1 aliphatic heterocycles. The molecule has 0 amide bonds. The van der Waals surface area contributed by atoms with E-state index in [1.54, 1.807) is 6.92 Å². The maximum absolute atomic E-state index is 11.6. The summed E-state index contributed by atoms with van der Waals surface area (Å²) in [5.74, 6) is 0.166. The number of ether oxygens (including phenoxy) is 1. The minimum Gasteiger partial charge on any atom is -0.461 e. The van der Waals surface area contributed by atoms with Crippen molar-refractivity contribution in [2.75, 3.05) is 37.7 Å². The number of hydrogen-bond donors (Lipinski definition) is 1. The van der Waals surface area contributed by atoms with Crippen molar-refractivity contribution in [3.63, 3.8) is 0 Å². The Morgan fingerprint density at radius 2 is 2.45 bits per heavy atom. The lowest BCUT2D eigenvalue weighted by Crippen LogP contribution is -2.38. The molecule has 0 saturated carbocycles. The van der Waals surface area contributed by atoms with E-state index in [-0.39, 0.29) is 5.69 Å². The van der Waals surface area contributed by atoms with Gasteiger partial charge in [-0.1, -0.05) is 0 Å². The molecule has 0 spiro atoms. The van der Waals surface area contributed by atoms with E-state index in [0.717, 1.165) is 26.2 Å². The Morgan fingerprint density at radius 3 is 3.10 bits per heavy atom. The molecule has 1 aromatic heterocycles. The van der Waals surface area contributed by atoms with Gasteiger partial charge in [0.05, 0.1) is 6.61 Å². The van der Waals surface area contributed by atoms with Gasteiger partial charge in [-0.3, -0.25) is 0 Å². The largest absolute Gasteiger partial charge is 0.461 e. The highest BCUT2D eigenvalue weighted by molar-refractivity contribution is 5.87. The van der Waals surface area contributed by atoms with Gasteiger partial charge in [-0.25, -0.2) is 4.79 Å². The maximum atomic E-state index is 11.6. The van der Waals surface area contributed by atoms with Crippen molar-refractivity contribution in [3.8, 4) is 0 Å². The van der Waals surface area contributed by atoms with Crippen LogP contribution in [0.4, 0.5) is 6.01 Å². The van der Waals surface area contributed by atoms with E-state index >= 15 is 0 Å². The normalized spacial score (nSPS) is 18.8. The molecule has 1 aliphatic rings. The fraction of sp³-hybridized carbons (Fsp3) is 0.714. The molecule has 1 fully saturated rings. The quantitative estimate of drug-likeness (QED) is 0.800. The molecule has 2 heterocycles. The second-order valence-corrected chi connectivity index (χ2v) is 4.99. The molecule has 20 heavy (non-hydrogen) atoms. The van der Waals surface area contributed by atoms with E-state index in [1.165, 1.54) is 19.1 Å². The van der Waals surface area contributed by atoms with Gasteiger partial charge in [-0.2, -0.15) is 4.98 Å².